The molecule has 0 aliphatic carbocycles. The third kappa shape index (κ3) is 2.64. The Morgan fingerprint density at radius 1 is 1.33 bits per heavy atom. The van der Waals surface area contributed by atoms with Gasteiger partial charge < -0.3 is 19.7 Å². The number of carbonyl (C=O) groups excluding carboxylic acids is 1. The SMILES string of the molecule is CCCCN(C)C(=O)Nc1c2c(cc3c1OCC3)OCC2. The Bertz CT molecular complexity index is 525. The molecule has 2 aliphatic rings. The van der Waals surface area contributed by atoms with Crippen molar-refractivity contribution in [3.8, 4) is 11.5 Å². The van der Waals surface area contributed by atoms with Crippen LogP contribution < -0.4 is 14.8 Å². The fourth-order valence-corrected chi connectivity index (χ4v) is 2.82. The van der Waals surface area contributed by atoms with Gasteiger partial charge in [0.1, 0.15) is 11.5 Å². The molecule has 2 aliphatic heterocycles. The number of ether oxygens (including phenoxy) is 2. The lowest BCUT2D eigenvalue weighted by Crippen LogP contribution is -2.32. The second-order valence-corrected chi connectivity index (χ2v) is 5.62. The van der Waals surface area contributed by atoms with Crippen molar-refractivity contribution in [2.24, 2.45) is 0 Å². The fourth-order valence-electron chi connectivity index (χ4n) is 2.82. The minimum Gasteiger partial charge on any atom is -0.493 e. The molecule has 0 radical (unpaired) electrons. The highest BCUT2D eigenvalue weighted by Crippen LogP contribution is 2.44. The lowest BCUT2D eigenvalue weighted by molar-refractivity contribution is 0.221. The van der Waals surface area contributed by atoms with E-state index < -0.39 is 0 Å². The number of nitrogens with zero attached hydrogens (tertiary/aromatic N) is 1. The molecule has 2 heterocycles. The summed E-state index contributed by atoms with van der Waals surface area (Å²) in [5.74, 6) is 1.72. The average Bonchev–Trinajstić information content (AvgIpc) is 3.12. The van der Waals surface area contributed by atoms with Crippen LogP contribution in [0.1, 0.15) is 30.9 Å². The lowest BCUT2D eigenvalue weighted by Gasteiger charge is -2.20. The molecule has 0 saturated heterocycles. The number of carbonyl (C=O) groups is 1. The van der Waals surface area contributed by atoms with Crippen LogP contribution in [0, 0.1) is 0 Å². The van der Waals surface area contributed by atoms with E-state index in [1.807, 2.05) is 7.05 Å². The Kier molecular flexibility index (Phi) is 3.90. The molecular formula is C16H22N2O3. The lowest BCUT2D eigenvalue weighted by atomic mass is 10.0. The second-order valence-electron chi connectivity index (χ2n) is 5.62. The van der Waals surface area contributed by atoms with Gasteiger partial charge in [-0.1, -0.05) is 13.3 Å². The van der Waals surface area contributed by atoms with Crippen molar-refractivity contribution < 1.29 is 14.3 Å². The van der Waals surface area contributed by atoms with Gasteiger partial charge in [-0.05, 0) is 12.5 Å². The highest BCUT2D eigenvalue weighted by molar-refractivity contribution is 5.93. The summed E-state index contributed by atoms with van der Waals surface area (Å²) in [5.41, 5.74) is 3.00. The molecule has 0 unspecified atom stereocenters. The van der Waals surface area contributed by atoms with E-state index in [1.165, 1.54) is 0 Å². The summed E-state index contributed by atoms with van der Waals surface area (Å²) in [6.45, 7) is 4.23. The van der Waals surface area contributed by atoms with E-state index in [9.17, 15) is 4.79 Å². The molecule has 1 aromatic carbocycles. The van der Waals surface area contributed by atoms with Gasteiger partial charge in [-0.25, -0.2) is 4.79 Å². The van der Waals surface area contributed by atoms with E-state index in [-0.39, 0.29) is 6.03 Å². The predicted octanol–water partition coefficient (Wildman–Crippen LogP) is 2.82. The molecule has 1 N–H and O–H groups in total. The predicted molar refractivity (Wildman–Crippen MR) is 81.4 cm³/mol. The first kappa shape index (κ1) is 14.0. The quantitative estimate of drug-likeness (QED) is 0.927. The van der Waals surface area contributed by atoms with Crippen LogP contribution in [-0.4, -0.2) is 37.7 Å². The molecule has 0 atom stereocenters. The van der Waals surface area contributed by atoms with Gasteiger partial charge in [-0.15, -0.1) is 0 Å². The van der Waals surface area contributed by atoms with Crippen LogP contribution in [0.4, 0.5) is 10.5 Å². The first-order chi connectivity index (χ1) is 10.2. The first-order valence-electron chi connectivity index (χ1n) is 7.67. The van der Waals surface area contributed by atoms with Gasteiger partial charge in [-0.2, -0.15) is 0 Å². The first-order valence-corrected chi connectivity index (χ1v) is 7.67. The van der Waals surface area contributed by atoms with Crippen molar-refractivity contribution in [3.63, 3.8) is 0 Å². The molecule has 2 amide bonds. The van der Waals surface area contributed by atoms with Crippen molar-refractivity contribution >= 4 is 11.7 Å². The van der Waals surface area contributed by atoms with Crippen LogP contribution in [-0.2, 0) is 12.8 Å². The monoisotopic (exact) mass is 290 g/mol. The van der Waals surface area contributed by atoms with Gasteiger partial charge in [0.25, 0.3) is 0 Å². The highest BCUT2D eigenvalue weighted by Gasteiger charge is 2.28. The third-order valence-corrected chi connectivity index (χ3v) is 4.08. The van der Waals surface area contributed by atoms with Crippen LogP contribution in [0.25, 0.3) is 0 Å². The maximum Gasteiger partial charge on any atom is 0.321 e. The molecule has 0 fully saturated rings. The van der Waals surface area contributed by atoms with Gasteiger partial charge in [0.05, 0.1) is 18.9 Å². The molecule has 0 aromatic heterocycles. The van der Waals surface area contributed by atoms with Crippen LogP contribution >= 0.6 is 0 Å². The van der Waals surface area contributed by atoms with Crippen LogP contribution in [0.3, 0.4) is 0 Å². The fraction of sp³-hybridized carbons (Fsp3) is 0.562. The number of amides is 2. The largest absolute Gasteiger partial charge is 0.493 e. The number of urea groups is 1. The van der Waals surface area contributed by atoms with E-state index in [2.05, 4.69) is 18.3 Å². The number of anilines is 1. The van der Waals surface area contributed by atoms with E-state index in [0.717, 1.165) is 60.5 Å². The number of benzene rings is 1. The minimum atomic E-state index is -0.0820. The van der Waals surface area contributed by atoms with Crippen molar-refractivity contribution in [2.45, 2.75) is 32.6 Å². The molecule has 5 heteroatoms. The van der Waals surface area contributed by atoms with E-state index in [0.29, 0.717) is 13.2 Å². The second kappa shape index (κ2) is 5.84. The van der Waals surface area contributed by atoms with E-state index in [1.54, 1.807) is 4.90 Å². The molecule has 0 saturated carbocycles. The smallest absolute Gasteiger partial charge is 0.321 e. The van der Waals surface area contributed by atoms with Crippen LogP contribution in [0.15, 0.2) is 6.07 Å². The van der Waals surface area contributed by atoms with Crippen molar-refractivity contribution in [3.05, 3.63) is 17.2 Å². The Morgan fingerprint density at radius 2 is 2.14 bits per heavy atom. The standard InChI is InChI=1S/C16H22N2O3/c1-3-4-7-18(2)16(19)17-14-12-6-9-20-13(12)10-11-5-8-21-15(11)14/h10H,3-9H2,1-2H3,(H,17,19). The summed E-state index contributed by atoms with van der Waals surface area (Å²) in [4.78, 5) is 14.1. The molecule has 0 spiro atoms. The zero-order chi connectivity index (χ0) is 14.8. The summed E-state index contributed by atoms with van der Waals surface area (Å²) in [6.07, 6.45) is 3.78. The number of unbranched alkanes of at least 4 members (excludes halogenated alkanes) is 1. The van der Waals surface area contributed by atoms with Crippen LogP contribution in [0.2, 0.25) is 0 Å². The summed E-state index contributed by atoms with van der Waals surface area (Å²) in [6, 6.07) is 1.97. The number of fused-ring (bicyclic) bond motifs is 2. The Balaban J connectivity index is 1.84. The molecule has 5 nitrogen and oxygen atoms in total. The van der Waals surface area contributed by atoms with Gasteiger partial charge in [-0.3, -0.25) is 0 Å². The van der Waals surface area contributed by atoms with E-state index in [4.69, 9.17) is 9.47 Å². The molecule has 114 valence electrons. The summed E-state index contributed by atoms with van der Waals surface area (Å²) >= 11 is 0. The zero-order valence-electron chi connectivity index (χ0n) is 12.7. The van der Waals surface area contributed by atoms with E-state index >= 15 is 0 Å². The molecule has 21 heavy (non-hydrogen) atoms. The molecular weight excluding hydrogens is 268 g/mol. The number of nitrogens with one attached hydrogen (secondary N) is 1. The van der Waals surface area contributed by atoms with Crippen molar-refractivity contribution in [1.82, 2.24) is 4.90 Å². The maximum absolute atomic E-state index is 12.3. The average molecular weight is 290 g/mol. The molecule has 3 rings (SSSR count). The Morgan fingerprint density at radius 3 is 2.95 bits per heavy atom. The summed E-state index contributed by atoms with van der Waals surface area (Å²) in [7, 11) is 1.83. The van der Waals surface area contributed by atoms with Crippen LogP contribution in [0.5, 0.6) is 11.5 Å². The summed E-state index contributed by atoms with van der Waals surface area (Å²) in [5, 5.41) is 3.03. The maximum atomic E-state index is 12.3. The Hall–Kier alpha value is -1.91. The number of rotatable bonds is 4. The third-order valence-electron chi connectivity index (χ3n) is 4.08. The zero-order valence-corrected chi connectivity index (χ0v) is 12.7. The molecule has 0 bridgehead atoms. The van der Waals surface area contributed by atoms with Gasteiger partial charge in [0, 0.05) is 37.6 Å². The number of hydrogen-bond acceptors (Lipinski definition) is 3. The number of hydrogen-bond donors (Lipinski definition) is 1. The van der Waals surface area contributed by atoms with Crippen molar-refractivity contribution in [2.75, 3.05) is 32.1 Å². The highest BCUT2D eigenvalue weighted by atomic mass is 16.5. The topological polar surface area (TPSA) is 50.8 Å². The van der Waals surface area contributed by atoms with Gasteiger partial charge in [0.15, 0.2) is 0 Å². The summed E-state index contributed by atoms with van der Waals surface area (Å²) < 4.78 is 11.4. The van der Waals surface area contributed by atoms with Gasteiger partial charge in [0.2, 0.25) is 0 Å². The van der Waals surface area contributed by atoms with Gasteiger partial charge >= 0.3 is 6.03 Å². The Labute approximate surface area is 125 Å². The minimum absolute atomic E-state index is 0.0820. The normalized spacial score (nSPS) is 15.0. The molecule has 1 aromatic rings. The van der Waals surface area contributed by atoms with Crippen molar-refractivity contribution in [1.29, 1.82) is 0 Å².